The number of hydrogen-bond acceptors (Lipinski definition) is 5. The van der Waals surface area contributed by atoms with Crippen molar-refractivity contribution in [1.29, 1.82) is 0 Å². The zero-order valence-corrected chi connectivity index (χ0v) is 13.9. The minimum Gasteiger partial charge on any atom is -0.462 e. The number of benzene rings is 1. The molecule has 2 rings (SSSR count). The summed E-state index contributed by atoms with van der Waals surface area (Å²) in [5.41, 5.74) is 1.00. The summed E-state index contributed by atoms with van der Waals surface area (Å²) in [5.74, 6) is -0.458. The van der Waals surface area contributed by atoms with E-state index in [-0.39, 0.29) is 35.7 Å². The highest BCUT2D eigenvalue weighted by atomic mass is 32.2. The van der Waals surface area contributed by atoms with Crippen LogP contribution in [-0.2, 0) is 19.4 Å². The van der Waals surface area contributed by atoms with Crippen molar-refractivity contribution >= 4 is 27.4 Å². The largest absolute Gasteiger partial charge is 0.462 e. The molecule has 1 aliphatic rings. The Hall–Kier alpha value is -1.89. The number of ether oxygens (including phenoxy) is 1. The van der Waals surface area contributed by atoms with Crippen LogP contribution in [0.2, 0.25) is 0 Å². The Labute approximate surface area is 136 Å². The van der Waals surface area contributed by atoms with Crippen LogP contribution in [0.15, 0.2) is 24.3 Å². The van der Waals surface area contributed by atoms with E-state index in [4.69, 9.17) is 4.74 Å². The fourth-order valence-electron chi connectivity index (χ4n) is 2.47. The molecule has 7 heteroatoms. The summed E-state index contributed by atoms with van der Waals surface area (Å²) in [4.78, 5) is 23.6. The lowest BCUT2D eigenvalue weighted by molar-refractivity contribution is -0.116. The van der Waals surface area contributed by atoms with Gasteiger partial charge in [-0.2, -0.15) is 0 Å². The summed E-state index contributed by atoms with van der Waals surface area (Å²) in [7, 11) is -2.97. The molecule has 0 radical (unpaired) electrons. The molecule has 1 heterocycles. The third kappa shape index (κ3) is 5.35. The second-order valence-corrected chi connectivity index (χ2v) is 7.96. The molecule has 23 heavy (non-hydrogen) atoms. The van der Waals surface area contributed by atoms with Gasteiger partial charge in [-0.25, -0.2) is 13.2 Å². The van der Waals surface area contributed by atoms with Gasteiger partial charge >= 0.3 is 5.97 Å². The number of rotatable bonds is 6. The molecule has 126 valence electrons. The minimum absolute atomic E-state index is 0.0859. The van der Waals surface area contributed by atoms with Gasteiger partial charge in [-0.15, -0.1) is 0 Å². The Morgan fingerprint density at radius 1 is 1.26 bits per heavy atom. The third-order valence-electron chi connectivity index (χ3n) is 3.64. The van der Waals surface area contributed by atoms with E-state index in [9.17, 15) is 18.0 Å². The first kappa shape index (κ1) is 17.5. The monoisotopic (exact) mass is 339 g/mol. The SMILES string of the molecule is CCCOC(=O)c1ccc(NC(=O)C[C@H]2CCS(=O)(=O)C2)cc1. The lowest BCUT2D eigenvalue weighted by Crippen LogP contribution is -2.17. The zero-order chi connectivity index (χ0) is 16.9. The number of anilines is 1. The third-order valence-corrected chi connectivity index (χ3v) is 5.48. The lowest BCUT2D eigenvalue weighted by atomic mass is 10.0. The van der Waals surface area contributed by atoms with E-state index < -0.39 is 9.84 Å². The van der Waals surface area contributed by atoms with Gasteiger partial charge in [0.05, 0.1) is 23.7 Å². The maximum absolute atomic E-state index is 11.9. The topological polar surface area (TPSA) is 89.5 Å². The molecule has 0 bridgehead atoms. The van der Waals surface area contributed by atoms with Gasteiger partial charge in [0.2, 0.25) is 5.91 Å². The number of carbonyl (C=O) groups is 2. The van der Waals surface area contributed by atoms with Crippen molar-refractivity contribution in [2.24, 2.45) is 5.92 Å². The van der Waals surface area contributed by atoms with Crippen LogP contribution in [0.4, 0.5) is 5.69 Å². The van der Waals surface area contributed by atoms with Crippen LogP contribution < -0.4 is 5.32 Å². The Kier molecular flexibility index (Phi) is 5.76. The van der Waals surface area contributed by atoms with Gasteiger partial charge in [-0.1, -0.05) is 6.92 Å². The molecule has 1 atom stereocenters. The maximum Gasteiger partial charge on any atom is 0.338 e. The van der Waals surface area contributed by atoms with Gasteiger partial charge in [0.1, 0.15) is 0 Å². The molecule has 1 fully saturated rings. The van der Waals surface area contributed by atoms with E-state index >= 15 is 0 Å². The van der Waals surface area contributed by atoms with Crippen LogP contribution in [0.1, 0.15) is 36.5 Å². The van der Waals surface area contributed by atoms with E-state index in [1.807, 2.05) is 6.92 Å². The molecule has 1 N–H and O–H groups in total. The van der Waals surface area contributed by atoms with Crippen molar-refractivity contribution in [2.45, 2.75) is 26.2 Å². The number of hydrogen-bond donors (Lipinski definition) is 1. The van der Waals surface area contributed by atoms with Crippen LogP contribution in [0, 0.1) is 5.92 Å². The molecule has 1 amide bonds. The summed E-state index contributed by atoms with van der Waals surface area (Å²) in [6.45, 7) is 2.29. The molecule has 0 unspecified atom stereocenters. The van der Waals surface area contributed by atoms with Crippen molar-refractivity contribution < 1.29 is 22.7 Å². The Bertz CT molecular complexity index is 666. The molecule has 0 aromatic heterocycles. The summed E-state index contributed by atoms with van der Waals surface area (Å²) in [6, 6.07) is 6.44. The normalized spacial score (nSPS) is 19.3. The number of nitrogens with one attached hydrogen (secondary N) is 1. The van der Waals surface area contributed by atoms with Crippen LogP contribution >= 0.6 is 0 Å². The maximum atomic E-state index is 11.9. The first-order valence-corrected chi connectivity index (χ1v) is 9.49. The number of carbonyl (C=O) groups excluding carboxylic acids is 2. The Morgan fingerprint density at radius 3 is 2.52 bits per heavy atom. The number of amides is 1. The standard InChI is InChI=1S/C16H21NO5S/c1-2-8-22-16(19)13-3-5-14(6-4-13)17-15(18)10-12-7-9-23(20,21)11-12/h3-6,12H,2,7-11H2,1H3,(H,17,18)/t12-/m1/s1. The molecule has 1 aromatic carbocycles. The molecule has 1 aliphatic heterocycles. The second kappa shape index (κ2) is 7.59. The quantitative estimate of drug-likeness (QED) is 0.801. The summed E-state index contributed by atoms with van der Waals surface area (Å²) < 4.78 is 27.8. The Morgan fingerprint density at radius 2 is 1.96 bits per heavy atom. The molecule has 1 saturated heterocycles. The average Bonchev–Trinajstić information content (AvgIpc) is 2.84. The summed E-state index contributed by atoms with van der Waals surface area (Å²) in [5, 5.41) is 2.72. The van der Waals surface area contributed by atoms with Gasteiger partial charge in [0, 0.05) is 12.1 Å². The highest BCUT2D eigenvalue weighted by Crippen LogP contribution is 2.22. The lowest BCUT2D eigenvalue weighted by Gasteiger charge is -2.09. The highest BCUT2D eigenvalue weighted by Gasteiger charge is 2.29. The fraction of sp³-hybridized carbons (Fsp3) is 0.500. The van der Waals surface area contributed by atoms with Crippen LogP contribution in [0.5, 0.6) is 0 Å². The predicted octanol–water partition coefficient (Wildman–Crippen LogP) is 2.02. The van der Waals surface area contributed by atoms with E-state index in [0.717, 1.165) is 6.42 Å². The van der Waals surface area contributed by atoms with E-state index in [1.54, 1.807) is 24.3 Å². The first-order valence-electron chi connectivity index (χ1n) is 7.67. The van der Waals surface area contributed by atoms with Gasteiger partial charge < -0.3 is 10.1 Å². The molecular formula is C16H21NO5S. The van der Waals surface area contributed by atoms with E-state index in [1.165, 1.54) is 0 Å². The Balaban J connectivity index is 1.85. The highest BCUT2D eigenvalue weighted by molar-refractivity contribution is 7.91. The molecule has 1 aromatic rings. The molecule has 0 aliphatic carbocycles. The smallest absolute Gasteiger partial charge is 0.338 e. The molecule has 0 saturated carbocycles. The minimum atomic E-state index is -2.97. The van der Waals surface area contributed by atoms with Crippen molar-refractivity contribution in [1.82, 2.24) is 0 Å². The average molecular weight is 339 g/mol. The zero-order valence-electron chi connectivity index (χ0n) is 13.1. The summed E-state index contributed by atoms with van der Waals surface area (Å²) >= 11 is 0. The van der Waals surface area contributed by atoms with E-state index in [2.05, 4.69) is 5.32 Å². The van der Waals surface area contributed by atoms with Crippen LogP contribution in [0.25, 0.3) is 0 Å². The van der Waals surface area contributed by atoms with Gasteiger partial charge in [-0.3, -0.25) is 4.79 Å². The number of esters is 1. The summed E-state index contributed by atoms with van der Waals surface area (Å²) in [6.07, 6.45) is 1.49. The number of sulfone groups is 1. The van der Waals surface area contributed by atoms with Crippen LogP contribution in [0.3, 0.4) is 0 Å². The van der Waals surface area contributed by atoms with Crippen molar-refractivity contribution in [2.75, 3.05) is 23.4 Å². The van der Waals surface area contributed by atoms with Crippen LogP contribution in [-0.4, -0.2) is 38.4 Å². The van der Waals surface area contributed by atoms with Gasteiger partial charge in [0.25, 0.3) is 0 Å². The predicted molar refractivity (Wildman–Crippen MR) is 87.0 cm³/mol. The van der Waals surface area contributed by atoms with Gasteiger partial charge in [-0.05, 0) is 43.0 Å². The molecular weight excluding hydrogens is 318 g/mol. The van der Waals surface area contributed by atoms with Crippen molar-refractivity contribution in [3.8, 4) is 0 Å². The van der Waals surface area contributed by atoms with Gasteiger partial charge in [0.15, 0.2) is 9.84 Å². The first-order chi connectivity index (χ1) is 10.9. The van der Waals surface area contributed by atoms with Crippen molar-refractivity contribution in [3.05, 3.63) is 29.8 Å². The van der Waals surface area contributed by atoms with Crippen molar-refractivity contribution in [3.63, 3.8) is 0 Å². The fourth-order valence-corrected chi connectivity index (χ4v) is 4.34. The molecule has 0 spiro atoms. The van der Waals surface area contributed by atoms with E-state index in [0.29, 0.717) is 24.3 Å². The molecule has 6 nitrogen and oxygen atoms in total. The second-order valence-electron chi connectivity index (χ2n) is 5.73.